The topological polar surface area (TPSA) is 113 Å². The third kappa shape index (κ3) is 4.77. The molecule has 0 aliphatic carbocycles. The molecule has 8 nitrogen and oxygen atoms in total. The Hall–Kier alpha value is -3.42. The summed E-state index contributed by atoms with van der Waals surface area (Å²) in [6, 6.07) is 12.7. The van der Waals surface area contributed by atoms with Gasteiger partial charge in [-0.2, -0.15) is 0 Å². The Bertz CT molecular complexity index is 777. The Labute approximate surface area is 144 Å². The first-order valence-electron chi connectivity index (χ1n) is 7.60. The van der Waals surface area contributed by atoms with E-state index >= 15 is 0 Å². The normalized spacial score (nSPS) is 9.96. The number of nitrogens with zero attached hydrogens (tertiary/aromatic N) is 1. The molecule has 0 aromatic heterocycles. The van der Waals surface area contributed by atoms with Crippen LogP contribution in [-0.2, 0) is 0 Å². The average Bonchev–Trinajstić information content (AvgIpc) is 2.64. The lowest BCUT2D eigenvalue weighted by molar-refractivity contribution is -0.384. The highest BCUT2D eigenvalue weighted by Crippen LogP contribution is 2.21. The Kier molecular flexibility index (Phi) is 6.05. The lowest BCUT2D eigenvalue weighted by Crippen LogP contribution is -2.34. The fraction of sp³-hybridized carbons (Fsp3) is 0.176. The van der Waals surface area contributed by atoms with Crippen LogP contribution < -0.4 is 16.0 Å². The van der Waals surface area contributed by atoms with Crippen molar-refractivity contribution in [1.82, 2.24) is 10.6 Å². The van der Waals surface area contributed by atoms with Crippen LogP contribution in [0.25, 0.3) is 0 Å². The zero-order valence-corrected chi connectivity index (χ0v) is 13.6. The molecule has 0 atom stereocenters. The predicted molar refractivity (Wildman–Crippen MR) is 93.8 cm³/mol. The number of nitrogens with one attached hydrogen (secondary N) is 3. The molecule has 2 aromatic carbocycles. The van der Waals surface area contributed by atoms with Crippen LogP contribution in [0.3, 0.4) is 0 Å². The van der Waals surface area contributed by atoms with Gasteiger partial charge in [-0.1, -0.05) is 18.2 Å². The quantitative estimate of drug-likeness (QED) is 0.403. The number of anilines is 1. The summed E-state index contributed by atoms with van der Waals surface area (Å²) in [5.41, 5.74) is 1.02. The summed E-state index contributed by atoms with van der Waals surface area (Å²) < 4.78 is 0. The van der Waals surface area contributed by atoms with Gasteiger partial charge in [0.2, 0.25) is 0 Å². The largest absolute Gasteiger partial charge is 0.387 e. The second-order valence-electron chi connectivity index (χ2n) is 5.11. The molecule has 0 saturated heterocycles. The van der Waals surface area contributed by atoms with E-state index in [0.29, 0.717) is 11.3 Å². The summed E-state index contributed by atoms with van der Waals surface area (Å²) in [4.78, 5) is 34.4. The molecule has 8 heteroatoms. The first-order valence-corrected chi connectivity index (χ1v) is 7.60. The van der Waals surface area contributed by atoms with Gasteiger partial charge in [-0.05, 0) is 18.2 Å². The van der Waals surface area contributed by atoms with E-state index in [0.717, 1.165) is 0 Å². The number of amides is 2. The number of carbonyl (C=O) groups is 2. The van der Waals surface area contributed by atoms with E-state index in [4.69, 9.17) is 0 Å². The van der Waals surface area contributed by atoms with E-state index < -0.39 is 10.8 Å². The van der Waals surface area contributed by atoms with Gasteiger partial charge in [0.05, 0.1) is 10.5 Å². The van der Waals surface area contributed by atoms with Gasteiger partial charge >= 0.3 is 0 Å². The van der Waals surface area contributed by atoms with Crippen molar-refractivity contribution in [2.45, 2.75) is 0 Å². The fourth-order valence-corrected chi connectivity index (χ4v) is 2.19. The fourth-order valence-electron chi connectivity index (χ4n) is 2.19. The van der Waals surface area contributed by atoms with Crippen LogP contribution in [0.4, 0.5) is 11.4 Å². The number of benzene rings is 2. The second-order valence-corrected chi connectivity index (χ2v) is 5.11. The molecule has 0 fully saturated rings. The lowest BCUT2D eigenvalue weighted by Gasteiger charge is -2.10. The van der Waals surface area contributed by atoms with Crippen LogP contribution in [0.2, 0.25) is 0 Å². The zero-order chi connectivity index (χ0) is 18.2. The Morgan fingerprint density at radius 3 is 2.24 bits per heavy atom. The van der Waals surface area contributed by atoms with Crippen molar-refractivity contribution in [2.75, 3.05) is 25.5 Å². The number of non-ortho nitro benzene ring substituents is 1. The lowest BCUT2D eigenvalue weighted by atomic mass is 10.1. The minimum Gasteiger partial charge on any atom is -0.387 e. The highest BCUT2D eigenvalue weighted by atomic mass is 16.6. The molecular formula is C17H18N4O4. The average molecular weight is 342 g/mol. The van der Waals surface area contributed by atoms with Gasteiger partial charge in [0.25, 0.3) is 17.5 Å². The van der Waals surface area contributed by atoms with Crippen LogP contribution in [-0.4, -0.2) is 36.9 Å². The van der Waals surface area contributed by atoms with Gasteiger partial charge in [0.15, 0.2) is 0 Å². The van der Waals surface area contributed by atoms with Crippen LogP contribution >= 0.6 is 0 Å². The Morgan fingerprint density at radius 1 is 1.00 bits per heavy atom. The maximum atomic E-state index is 12.2. The molecule has 2 amide bonds. The third-order valence-corrected chi connectivity index (χ3v) is 3.46. The van der Waals surface area contributed by atoms with Gasteiger partial charge in [-0.3, -0.25) is 19.7 Å². The maximum absolute atomic E-state index is 12.2. The molecule has 3 N–H and O–H groups in total. The number of hydrogen-bond acceptors (Lipinski definition) is 5. The van der Waals surface area contributed by atoms with Crippen molar-refractivity contribution in [1.29, 1.82) is 0 Å². The molecule has 2 rings (SSSR count). The van der Waals surface area contributed by atoms with Crippen molar-refractivity contribution < 1.29 is 14.5 Å². The van der Waals surface area contributed by atoms with Gasteiger partial charge in [0.1, 0.15) is 0 Å². The number of nitro groups is 1. The summed E-state index contributed by atoms with van der Waals surface area (Å²) in [5.74, 6) is -0.692. The first-order chi connectivity index (χ1) is 12.0. The van der Waals surface area contributed by atoms with E-state index in [2.05, 4.69) is 16.0 Å². The monoisotopic (exact) mass is 342 g/mol. The number of carbonyl (C=O) groups excluding carboxylic acids is 2. The summed E-state index contributed by atoms with van der Waals surface area (Å²) in [5, 5.41) is 19.0. The van der Waals surface area contributed by atoms with Crippen molar-refractivity contribution in [3.8, 4) is 0 Å². The molecule has 0 aliphatic rings. The van der Waals surface area contributed by atoms with E-state index in [1.165, 1.54) is 18.2 Å². The molecule has 0 aliphatic heterocycles. The molecular weight excluding hydrogens is 324 g/mol. The van der Waals surface area contributed by atoms with E-state index in [9.17, 15) is 19.7 Å². The number of rotatable bonds is 7. The minimum absolute atomic E-state index is 0.165. The standard InChI is InChI=1S/C17H18N4O4/c1-18-15-8-7-13(21(24)25)11-14(15)17(23)20-10-9-19-16(22)12-5-3-2-4-6-12/h2-8,11,18H,9-10H2,1H3,(H,19,22)(H,20,23). The Balaban J connectivity index is 1.91. The van der Waals surface area contributed by atoms with Crippen molar-refractivity contribution in [3.05, 3.63) is 69.8 Å². The highest BCUT2D eigenvalue weighted by molar-refractivity contribution is 6.00. The molecule has 2 aromatic rings. The molecule has 0 spiro atoms. The molecule has 0 radical (unpaired) electrons. The zero-order valence-electron chi connectivity index (χ0n) is 13.6. The van der Waals surface area contributed by atoms with Crippen molar-refractivity contribution in [3.63, 3.8) is 0 Å². The first kappa shape index (κ1) is 17.9. The van der Waals surface area contributed by atoms with E-state index in [-0.39, 0.29) is 30.2 Å². The molecule has 0 saturated carbocycles. The third-order valence-electron chi connectivity index (χ3n) is 3.46. The number of hydrogen-bond donors (Lipinski definition) is 3. The van der Waals surface area contributed by atoms with Gasteiger partial charge in [0, 0.05) is 43.5 Å². The second kappa shape index (κ2) is 8.44. The summed E-state index contributed by atoms with van der Waals surface area (Å²) in [7, 11) is 1.62. The smallest absolute Gasteiger partial charge is 0.270 e. The van der Waals surface area contributed by atoms with Crippen molar-refractivity contribution >= 4 is 23.2 Å². The van der Waals surface area contributed by atoms with Crippen molar-refractivity contribution in [2.24, 2.45) is 0 Å². The number of nitro benzene ring substituents is 1. The van der Waals surface area contributed by atoms with Crippen LogP contribution in [0.15, 0.2) is 48.5 Å². The predicted octanol–water partition coefficient (Wildman–Crippen LogP) is 1.80. The van der Waals surface area contributed by atoms with E-state index in [1.54, 1.807) is 31.3 Å². The molecule has 25 heavy (non-hydrogen) atoms. The SMILES string of the molecule is CNc1ccc([N+](=O)[O-])cc1C(=O)NCCNC(=O)c1ccccc1. The maximum Gasteiger partial charge on any atom is 0.270 e. The molecule has 130 valence electrons. The van der Waals surface area contributed by atoms with Gasteiger partial charge in [-0.25, -0.2) is 0 Å². The van der Waals surface area contributed by atoms with E-state index in [1.807, 2.05) is 6.07 Å². The molecule has 0 unspecified atom stereocenters. The summed E-state index contributed by atoms with van der Waals surface area (Å²) >= 11 is 0. The Morgan fingerprint density at radius 2 is 1.64 bits per heavy atom. The van der Waals surface area contributed by atoms with Gasteiger partial charge < -0.3 is 16.0 Å². The molecule has 0 bridgehead atoms. The van der Waals surface area contributed by atoms with Gasteiger partial charge in [-0.15, -0.1) is 0 Å². The van der Waals surface area contributed by atoms with Crippen LogP contribution in [0.1, 0.15) is 20.7 Å². The van der Waals surface area contributed by atoms with Crippen LogP contribution in [0.5, 0.6) is 0 Å². The molecule has 0 heterocycles. The highest BCUT2D eigenvalue weighted by Gasteiger charge is 2.16. The summed E-state index contributed by atoms with van der Waals surface area (Å²) in [6.45, 7) is 0.437. The van der Waals surface area contributed by atoms with Crippen LogP contribution in [0, 0.1) is 10.1 Å². The minimum atomic E-state index is -0.559. The summed E-state index contributed by atoms with van der Waals surface area (Å²) in [6.07, 6.45) is 0.